The average Bonchev–Trinajstić information content (AvgIpc) is 3.37. The summed E-state index contributed by atoms with van der Waals surface area (Å²) in [6.07, 6.45) is 5.53. The maximum atomic E-state index is 13.1. The van der Waals surface area contributed by atoms with Crippen LogP contribution in [0.25, 0.3) is 0 Å². The van der Waals surface area contributed by atoms with Gasteiger partial charge in [0.25, 0.3) is 11.8 Å². The standard InChI is InChI=1S/C25H31N3O4/c1-31-20-8-5-7-18(15-20)24(29)27-19-10-11-23(28-12-3-2-4-13-28)22(16-19)25(30)26-17-21-9-6-14-32-21/h5,7-8,10-11,15-16,21H,2-4,6,9,12-14,17H2,1H3,(H,26,30)(H,27,29). The minimum absolute atomic E-state index is 0.0772. The van der Waals surface area contributed by atoms with E-state index in [1.165, 1.54) is 6.42 Å². The number of piperidine rings is 1. The highest BCUT2D eigenvalue weighted by Gasteiger charge is 2.22. The Bertz CT molecular complexity index is 950. The van der Waals surface area contributed by atoms with Crippen LogP contribution < -0.4 is 20.3 Å². The summed E-state index contributed by atoms with van der Waals surface area (Å²) >= 11 is 0. The Morgan fingerprint density at radius 3 is 2.66 bits per heavy atom. The van der Waals surface area contributed by atoms with E-state index in [9.17, 15) is 9.59 Å². The zero-order valence-corrected chi connectivity index (χ0v) is 18.6. The molecule has 2 aromatic rings. The van der Waals surface area contributed by atoms with Crippen molar-refractivity contribution < 1.29 is 19.1 Å². The van der Waals surface area contributed by atoms with Crippen molar-refractivity contribution in [2.45, 2.75) is 38.2 Å². The molecule has 170 valence electrons. The second kappa shape index (κ2) is 10.5. The number of rotatable bonds is 7. The first-order valence-corrected chi connectivity index (χ1v) is 11.4. The molecule has 7 heteroatoms. The number of methoxy groups -OCH3 is 1. The van der Waals surface area contributed by atoms with Crippen LogP contribution in [-0.4, -0.2) is 51.3 Å². The fourth-order valence-electron chi connectivity index (χ4n) is 4.28. The Morgan fingerprint density at radius 1 is 1.06 bits per heavy atom. The monoisotopic (exact) mass is 437 g/mol. The summed E-state index contributed by atoms with van der Waals surface area (Å²) in [7, 11) is 1.57. The number of carbonyl (C=O) groups is 2. The van der Waals surface area contributed by atoms with Crippen LogP contribution in [0.4, 0.5) is 11.4 Å². The van der Waals surface area contributed by atoms with Gasteiger partial charge in [0.05, 0.1) is 18.8 Å². The van der Waals surface area contributed by atoms with Gasteiger partial charge >= 0.3 is 0 Å². The number of benzene rings is 2. The number of amides is 2. The maximum Gasteiger partial charge on any atom is 0.255 e. The van der Waals surface area contributed by atoms with E-state index in [1.807, 2.05) is 12.1 Å². The smallest absolute Gasteiger partial charge is 0.255 e. The van der Waals surface area contributed by atoms with Crippen LogP contribution in [0.3, 0.4) is 0 Å². The molecular formula is C25H31N3O4. The zero-order valence-electron chi connectivity index (χ0n) is 18.6. The molecule has 0 aromatic heterocycles. The summed E-state index contributed by atoms with van der Waals surface area (Å²) in [4.78, 5) is 28.2. The van der Waals surface area contributed by atoms with E-state index in [4.69, 9.17) is 9.47 Å². The third kappa shape index (κ3) is 5.40. The fourth-order valence-corrected chi connectivity index (χ4v) is 4.28. The van der Waals surface area contributed by atoms with Gasteiger partial charge in [-0.3, -0.25) is 9.59 Å². The van der Waals surface area contributed by atoms with E-state index in [-0.39, 0.29) is 17.9 Å². The van der Waals surface area contributed by atoms with Crippen LogP contribution in [-0.2, 0) is 4.74 Å². The van der Waals surface area contributed by atoms with Gasteiger partial charge in [-0.2, -0.15) is 0 Å². The summed E-state index contributed by atoms with van der Waals surface area (Å²) < 4.78 is 10.8. The van der Waals surface area contributed by atoms with Crippen LogP contribution in [0.2, 0.25) is 0 Å². The number of ether oxygens (including phenoxy) is 2. The Labute approximate surface area is 189 Å². The second-order valence-electron chi connectivity index (χ2n) is 8.31. The van der Waals surface area contributed by atoms with E-state index in [0.29, 0.717) is 29.1 Å². The molecule has 7 nitrogen and oxygen atoms in total. The third-order valence-corrected chi connectivity index (χ3v) is 6.04. The van der Waals surface area contributed by atoms with Crippen LogP contribution in [0.15, 0.2) is 42.5 Å². The molecule has 32 heavy (non-hydrogen) atoms. The normalized spacial score (nSPS) is 18.3. The topological polar surface area (TPSA) is 79.9 Å². The molecule has 0 saturated carbocycles. The van der Waals surface area contributed by atoms with Crippen molar-refractivity contribution in [3.05, 3.63) is 53.6 Å². The lowest BCUT2D eigenvalue weighted by molar-refractivity contribution is 0.0858. The number of nitrogens with one attached hydrogen (secondary N) is 2. The van der Waals surface area contributed by atoms with Crippen molar-refractivity contribution in [2.75, 3.05) is 43.6 Å². The van der Waals surface area contributed by atoms with Gasteiger partial charge in [-0.25, -0.2) is 0 Å². The lowest BCUT2D eigenvalue weighted by Gasteiger charge is -2.30. The van der Waals surface area contributed by atoms with Crippen molar-refractivity contribution >= 4 is 23.2 Å². The Morgan fingerprint density at radius 2 is 1.91 bits per heavy atom. The van der Waals surface area contributed by atoms with E-state index >= 15 is 0 Å². The molecule has 2 aliphatic heterocycles. The van der Waals surface area contributed by atoms with Gasteiger partial charge < -0.3 is 25.0 Å². The van der Waals surface area contributed by atoms with Gasteiger partial charge in [0.15, 0.2) is 0 Å². The molecule has 1 atom stereocenters. The highest BCUT2D eigenvalue weighted by Crippen LogP contribution is 2.28. The molecule has 0 spiro atoms. The first-order chi connectivity index (χ1) is 15.6. The Balaban J connectivity index is 1.54. The summed E-state index contributed by atoms with van der Waals surface area (Å²) in [5.74, 6) is 0.228. The first kappa shape index (κ1) is 22.1. The third-order valence-electron chi connectivity index (χ3n) is 6.04. The van der Waals surface area contributed by atoms with E-state index in [0.717, 1.165) is 51.1 Å². The second-order valence-corrected chi connectivity index (χ2v) is 8.31. The van der Waals surface area contributed by atoms with Crippen LogP contribution in [0.5, 0.6) is 5.75 Å². The Kier molecular flexibility index (Phi) is 7.27. The highest BCUT2D eigenvalue weighted by atomic mass is 16.5. The first-order valence-electron chi connectivity index (χ1n) is 11.4. The summed E-state index contributed by atoms with van der Waals surface area (Å²) in [6.45, 7) is 3.12. The average molecular weight is 438 g/mol. The summed E-state index contributed by atoms with van der Waals surface area (Å²) in [6, 6.07) is 12.6. The van der Waals surface area contributed by atoms with E-state index in [2.05, 4.69) is 15.5 Å². The van der Waals surface area contributed by atoms with E-state index in [1.54, 1.807) is 37.4 Å². The minimum atomic E-state index is -0.250. The van der Waals surface area contributed by atoms with Crippen molar-refractivity contribution in [2.24, 2.45) is 0 Å². The van der Waals surface area contributed by atoms with Crippen LogP contribution in [0, 0.1) is 0 Å². The molecule has 2 heterocycles. The molecule has 2 fully saturated rings. The molecule has 2 aliphatic rings. The molecule has 2 N–H and O–H groups in total. The van der Waals surface area contributed by atoms with Crippen molar-refractivity contribution in [1.82, 2.24) is 5.32 Å². The number of hydrogen-bond donors (Lipinski definition) is 2. The Hall–Kier alpha value is -3.06. The molecule has 2 saturated heterocycles. The minimum Gasteiger partial charge on any atom is -0.497 e. The summed E-state index contributed by atoms with van der Waals surface area (Å²) in [5, 5.41) is 5.94. The molecular weight excluding hydrogens is 406 g/mol. The SMILES string of the molecule is COc1cccc(C(=O)Nc2ccc(N3CCCCC3)c(C(=O)NCC3CCCO3)c2)c1. The summed E-state index contributed by atoms with van der Waals surface area (Å²) in [5.41, 5.74) is 2.57. The van der Waals surface area contributed by atoms with Crippen molar-refractivity contribution in [3.8, 4) is 5.75 Å². The number of nitrogens with zero attached hydrogens (tertiary/aromatic N) is 1. The largest absolute Gasteiger partial charge is 0.497 e. The molecule has 4 rings (SSSR count). The number of anilines is 2. The lowest BCUT2D eigenvalue weighted by atomic mass is 10.1. The van der Waals surface area contributed by atoms with Crippen LogP contribution >= 0.6 is 0 Å². The maximum absolute atomic E-state index is 13.1. The molecule has 0 bridgehead atoms. The zero-order chi connectivity index (χ0) is 22.3. The van der Waals surface area contributed by atoms with Crippen molar-refractivity contribution in [3.63, 3.8) is 0 Å². The van der Waals surface area contributed by atoms with Gasteiger partial charge in [-0.1, -0.05) is 6.07 Å². The predicted octanol–water partition coefficient (Wildman–Crippen LogP) is 3.85. The molecule has 2 amide bonds. The molecule has 0 radical (unpaired) electrons. The van der Waals surface area contributed by atoms with Crippen LogP contribution in [0.1, 0.15) is 52.8 Å². The quantitative estimate of drug-likeness (QED) is 0.688. The van der Waals surface area contributed by atoms with Gasteiger partial charge in [-0.05, 0) is 68.5 Å². The van der Waals surface area contributed by atoms with Gasteiger partial charge in [0.1, 0.15) is 5.75 Å². The lowest BCUT2D eigenvalue weighted by Crippen LogP contribution is -2.35. The highest BCUT2D eigenvalue weighted by molar-refractivity contribution is 6.06. The molecule has 1 unspecified atom stereocenters. The number of hydrogen-bond acceptors (Lipinski definition) is 5. The molecule has 0 aliphatic carbocycles. The van der Waals surface area contributed by atoms with Gasteiger partial charge in [0.2, 0.25) is 0 Å². The molecule has 2 aromatic carbocycles. The van der Waals surface area contributed by atoms with Gasteiger partial charge in [0, 0.05) is 43.2 Å². The van der Waals surface area contributed by atoms with Gasteiger partial charge in [-0.15, -0.1) is 0 Å². The fraction of sp³-hybridized carbons (Fsp3) is 0.440. The predicted molar refractivity (Wildman–Crippen MR) is 125 cm³/mol. The van der Waals surface area contributed by atoms with Crippen molar-refractivity contribution in [1.29, 1.82) is 0 Å². The number of carbonyl (C=O) groups excluding carboxylic acids is 2. The van der Waals surface area contributed by atoms with E-state index < -0.39 is 0 Å².